The van der Waals surface area contributed by atoms with Crippen LogP contribution in [0.1, 0.15) is 58.8 Å². The lowest BCUT2D eigenvalue weighted by Gasteiger charge is -2.19. The van der Waals surface area contributed by atoms with Crippen LogP contribution < -0.4 is 10.6 Å². The first-order chi connectivity index (χ1) is 9.83. The van der Waals surface area contributed by atoms with Crippen molar-refractivity contribution in [1.29, 1.82) is 0 Å². The second kappa shape index (κ2) is 8.12. The Morgan fingerprint density at radius 2 is 1.90 bits per heavy atom. The number of rotatable bonds is 8. The zero-order valence-corrected chi connectivity index (χ0v) is 13.9. The molecule has 2 unspecified atom stereocenters. The highest BCUT2D eigenvalue weighted by molar-refractivity contribution is 5.76. The van der Waals surface area contributed by atoms with E-state index in [9.17, 15) is 4.79 Å². The van der Waals surface area contributed by atoms with Crippen LogP contribution in [0.3, 0.4) is 0 Å². The summed E-state index contributed by atoms with van der Waals surface area (Å²) < 4.78 is 5.34. The third kappa shape index (κ3) is 5.83. The molecule has 0 radical (unpaired) electrons. The van der Waals surface area contributed by atoms with Crippen LogP contribution in [0.4, 0.5) is 0 Å². The summed E-state index contributed by atoms with van der Waals surface area (Å²) in [6.07, 6.45) is 1.20. The molecule has 1 aromatic rings. The maximum Gasteiger partial charge on any atom is 0.249 e. The molecule has 6 heteroatoms. The van der Waals surface area contributed by atoms with E-state index in [1.54, 1.807) is 0 Å². The minimum Gasteiger partial charge on any atom is -0.344 e. The Morgan fingerprint density at radius 1 is 1.24 bits per heavy atom. The van der Waals surface area contributed by atoms with E-state index in [0.717, 1.165) is 0 Å². The lowest BCUT2D eigenvalue weighted by Crippen LogP contribution is -2.32. The van der Waals surface area contributed by atoms with E-state index in [4.69, 9.17) is 4.52 Å². The van der Waals surface area contributed by atoms with Gasteiger partial charge in [0.25, 0.3) is 0 Å². The smallest absolute Gasteiger partial charge is 0.249 e. The lowest BCUT2D eigenvalue weighted by atomic mass is 10.0. The van der Waals surface area contributed by atoms with Crippen molar-refractivity contribution < 1.29 is 9.32 Å². The fourth-order valence-electron chi connectivity index (χ4n) is 1.97. The highest BCUT2D eigenvalue weighted by Gasteiger charge is 2.24. The number of carbonyl (C=O) groups excluding carboxylic acids is 1. The van der Waals surface area contributed by atoms with Gasteiger partial charge in [-0.15, -0.1) is 0 Å². The molecule has 1 aromatic heterocycles. The zero-order valence-electron chi connectivity index (χ0n) is 13.9. The first-order valence-electron chi connectivity index (χ1n) is 7.62. The number of carbonyl (C=O) groups is 1. The number of likely N-dealkylation sites (N-methyl/N-ethyl adjacent to an activating group) is 1. The summed E-state index contributed by atoms with van der Waals surface area (Å²) in [5.74, 6) is 1.69. The molecule has 120 valence electrons. The van der Waals surface area contributed by atoms with Crippen molar-refractivity contribution in [1.82, 2.24) is 20.8 Å². The van der Waals surface area contributed by atoms with E-state index >= 15 is 0 Å². The van der Waals surface area contributed by atoms with Crippen molar-refractivity contribution in [3.05, 3.63) is 11.7 Å². The van der Waals surface area contributed by atoms with Gasteiger partial charge in [-0.1, -0.05) is 32.9 Å². The minimum absolute atomic E-state index is 0.0204. The van der Waals surface area contributed by atoms with E-state index in [1.165, 1.54) is 0 Å². The van der Waals surface area contributed by atoms with E-state index in [0.29, 0.717) is 30.5 Å². The quantitative estimate of drug-likeness (QED) is 0.767. The summed E-state index contributed by atoms with van der Waals surface area (Å²) in [6, 6.07) is 0.0471. The molecule has 1 rings (SSSR count). The first-order valence-corrected chi connectivity index (χ1v) is 7.62. The van der Waals surface area contributed by atoms with Gasteiger partial charge < -0.3 is 15.2 Å². The largest absolute Gasteiger partial charge is 0.344 e. The van der Waals surface area contributed by atoms with Crippen LogP contribution >= 0.6 is 0 Å². The van der Waals surface area contributed by atoms with Gasteiger partial charge in [-0.05, 0) is 25.8 Å². The van der Waals surface area contributed by atoms with Crippen LogP contribution in [0.25, 0.3) is 0 Å². The summed E-state index contributed by atoms with van der Waals surface area (Å²) in [6.45, 7) is 10.2. The molecule has 21 heavy (non-hydrogen) atoms. The van der Waals surface area contributed by atoms with Crippen molar-refractivity contribution in [2.75, 3.05) is 7.05 Å². The van der Waals surface area contributed by atoms with Crippen LogP contribution in [-0.4, -0.2) is 29.1 Å². The Hall–Kier alpha value is -1.43. The second-order valence-corrected chi connectivity index (χ2v) is 6.33. The van der Waals surface area contributed by atoms with Crippen molar-refractivity contribution >= 4 is 5.91 Å². The molecular formula is C15H28N4O2. The minimum atomic E-state index is -0.234. The standard InChI is InChI=1S/C15H28N4O2/c1-9(2)7-13(20)18-14(10(3)4)15-17-12(19-21-15)8-11(5)16-6/h9-11,14,16H,7-8H2,1-6H3,(H,18,20). The summed E-state index contributed by atoms with van der Waals surface area (Å²) in [4.78, 5) is 16.4. The third-order valence-electron chi connectivity index (χ3n) is 3.31. The molecule has 2 atom stereocenters. The monoisotopic (exact) mass is 296 g/mol. The molecule has 0 spiro atoms. The summed E-state index contributed by atoms with van der Waals surface area (Å²) in [5.41, 5.74) is 0. The number of aromatic nitrogens is 2. The molecule has 0 saturated carbocycles. The Kier molecular flexibility index (Phi) is 6.81. The van der Waals surface area contributed by atoms with Gasteiger partial charge in [-0.2, -0.15) is 4.98 Å². The Labute approximate surface area is 127 Å². The van der Waals surface area contributed by atoms with Gasteiger partial charge in [0, 0.05) is 18.9 Å². The maximum absolute atomic E-state index is 12.0. The number of amides is 1. The summed E-state index contributed by atoms with van der Waals surface area (Å²) >= 11 is 0. The van der Waals surface area contributed by atoms with Crippen LogP contribution in [0.2, 0.25) is 0 Å². The predicted molar refractivity (Wildman–Crippen MR) is 81.7 cm³/mol. The molecule has 0 saturated heterocycles. The Morgan fingerprint density at radius 3 is 2.43 bits per heavy atom. The Bertz CT molecular complexity index is 443. The van der Waals surface area contributed by atoms with Crippen LogP contribution in [-0.2, 0) is 11.2 Å². The second-order valence-electron chi connectivity index (χ2n) is 6.33. The average Bonchev–Trinajstić information content (AvgIpc) is 2.82. The molecule has 2 N–H and O–H groups in total. The molecule has 0 aliphatic rings. The molecule has 1 amide bonds. The van der Waals surface area contributed by atoms with Crippen molar-refractivity contribution in [3.8, 4) is 0 Å². The Balaban J connectivity index is 2.75. The van der Waals surface area contributed by atoms with Gasteiger partial charge in [0.05, 0.1) is 0 Å². The lowest BCUT2D eigenvalue weighted by molar-refractivity contribution is -0.123. The van der Waals surface area contributed by atoms with Gasteiger partial charge in [-0.3, -0.25) is 4.79 Å². The number of nitrogens with one attached hydrogen (secondary N) is 2. The summed E-state index contributed by atoms with van der Waals surface area (Å²) in [5, 5.41) is 10.1. The van der Waals surface area contributed by atoms with E-state index in [1.807, 2.05) is 34.7 Å². The van der Waals surface area contributed by atoms with Crippen LogP contribution in [0.15, 0.2) is 4.52 Å². The molecule has 0 bridgehead atoms. The highest BCUT2D eigenvalue weighted by atomic mass is 16.5. The maximum atomic E-state index is 12.0. The molecular weight excluding hydrogens is 268 g/mol. The fraction of sp³-hybridized carbons (Fsp3) is 0.800. The zero-order chi connectivity index (χ0) is 16.0. The molecule has 0 aliphatic carbocycles. The van der Waals surface area contributed by atoms with E-state index in [2.05, 4.69) is 27.7 Å². The van der Waals surface area contributed by atoms with Gasteiger partial charge in [0.1, 0.15) is 6.04 Å². The third-order valence-corrected chi connectivity index (χ3v) is 3.31. The SMILES string of the molecule is CNC(C)Cc1noc(C(NC(=O)CC(C)C)C(C)C)n1. The highest BCUT2D eigenvalue weighted by Crippen LogP contribution is 2.20. The number of nitrogens with zero attached hydrogens (tertiary/aromatic N) is 2. The number of hydrogen-bond acceptors (Lipinski definition) is 5. The molecule has 0 aromatic carbocycles. The van der Waals surface area contributed by atoms with Crippen molar-refractivity contribution in [2.24, 2.45) is 11.8 Å². The van der Waals surface area contributed by atoms with Crippen molar-refractivity contribution in [2.45, 2.75) is 59.5 Å². The van der Waals surface area contributed by atoms with Gasteiger partial charge in [0.2, 0.25) is 11.8 Å². The van der Waals surface area contributed by atoms with Gasteiger partial charge in [0.15, 0.2) is 5.82 Å². The van der Waals surface area contributed by atoms with E-state index < -0.39 is 0 Å². The van der Waals surface area contributed by atoms with Gasteiger partial charge in [-0.25, -0.2) is 0 Å². The predicted octanol–water partition coefficient (Wildman–Crippen LogP) is 2.08. The van der Waals surface area contributed by atoms with Crippen LogP contribution in [0.5, 0.6) is 0 Å². The molecule has 1 heterocycles. The van der Waals surface area contributed by atoms with E-state index in [-0.39, 0.29) is 23.9 Å². The molecule has 0 fully saturated rings. The first kappa shape index (κ1) is 17.6. The van der Waals surface area contributed by atoms with Crippen LogP contribution in [0, 0.1) is 11.8 Å². The molecule has 6 nitrogen and oxygen atoms in total. The summed E-state index contributed by atoms with van der Waals surface area (Å²) in [7, 11) is 1.90. The average molecular weight is 296 g/mol. The topological polar surface area (TPSA) is 80.0 Å². The normalized spacial score (nSPS) is 14.5. The molecule has 0 aliphatic heterocycles. The fourth-order valence-corrected chi connectivity index (χ4v) is 1.97. The number of hydrogen-bond donors (Lipinski definition) is 2. The van der Waals surface area contributed by atoms with Crippen molar-refractivity contribution in [3.63, 3.8) is 0 Å². The van der Waals surface area contributed by atoms with Gasteiger partial charge >= 0.3 is 0 Å².